The van der Waals surface area contributed by atoms with Crippen molar-refractivity contribution in [2.24, 2.45) is 5.92 Å². The van der Waals surface area contributed by atoms with Gasteiger partial charge in [0, 0.05) is 48.7 Å². The number of H-pyrrole nitrogens is 1. The zero-order chi connectivity index (χ0) is 33.9. The number of alkyl halides is 3. The number of nitrogens with one attached hydrogen (secondary N) is 1. The van der Waals surface area contributed by atoms with E-state index in [9.17, 15) is 26.4 Å². The summed E-state index contributed by atoms with van der Waals surface area (Å²) in [6.45, 7) is 8.20. The topological polar surface area (TPSA) is 127 Å². The average Bonchev–Trinajstić information content (AvgIpc) is 3.84. The van der Waals surface area contributed by atoms with E-state index in [4.69, 9.17) is 14.9 Å². The first-order valence-corrected chi connectivity index (χ1v) is 18.4. The number of carboxylic acid groups (broad SMARTS) is 1. The number of aromatic nitrogens is 2. The molecule has 1 unspecified atom stereocenters. The number of rotatable bonds is 8. The van der Waals surface area contributed by atoms with E-state index in [0.717, 1.165) is 84.9 Å². The molecule has 3 aromatic heterocycles. The van der Waals surface area contributed by atoms with Crippen molar-refractivity contribution in [1.82, 2.24) is 19.8 Å². The zero-order valence-electron chi connectivity index (χ0n) is 25.9. The van der Waals surface area contributed by atoms with Crippen LogP contribution in [0.25, 0.3) is 21.6 Å². The van der Waals surface area contributed by atoms with Crippen LogP contribution in [0.2, 0.25) is 0 Å². The predicted octanol–water partition coefficient (Wildman–Crippen LogP) is 6.42. The van der Waals surface area contributed by atoms with Crippen LogP contribution in [0, 0.1) is 5.92 Å². The standard InChI is InChI=1S/C29H35N5O3S3.C2HF3O2/c1-20(2)34(40(36,37)26-11-7-15-38-26)25-10-5-8-21-16-24(31-27(21)25)28-30-17-23(39-28)19-32-12-6-9-22(18-32)29(35)33-13-3-4-14-33;3-2(4,5)1(6)7/h5,7-8,10-11,15-17,20,22,31H,3-4,6,9,12-14,18-19H2,1-2H3;(H,6,7). The van der Waals surface area contributed by atoms with Gasteiger partial charge in [-0.1, -0.05) is 18.2 Å². The average molecular weight is 712 g/mol. The Morgan fingerprint density at radius 2 is 1.85 bits per heavy atom. The number of aromatic amines is 1. The summed E-state index contributed by atoms with van der Waals surface area (Å²) in [5.41, 5.74) is 2.28. The van der Waals surface area contributed by atoms with Crippen LogP contribution < -0.4 is 4.31 Å². The van der Waals surface area contributed by atoms with Gasteiger partial charge in [-0.3, -0.25) is 14.0 Å². The molecule has 2 fully saturated rings. The summed E-state index contributed by atoms with van der Waals surface area (Å²) in [7, 11) is -3.70. The van der Waals surface area contributed by atoms with Crippen LogP contribution in [-0.2, 0) is 26.2 Å². The number of hydrogen-bond acceptors (Lipinski definition) is 8. The Bertz CT molecular complexity index is 1800. The Hall–Kier alpha value is -3.47. The molecule has 1 atom stereocenters. The number of fused-ring (bicyclic) bond motifs is 1. The highest BCUT2D eigenvalue weighted by Gasteiger charge is 2.38. The van der Waals surface area contributed by atoms with Gasteiger partial charge >= 0.3 is 12.1 Å². The van der Waals surface area contributed by atoms with Crippen molar-refractivity contribution in [3.05, 3.63) is 52.9 Å². The summed E-state index contributed by atoms with van der Waals surface area (Å²) < 4.78 is 60.7. The maximum atomic E-state index is 13.6. The smallest absolute Gasteiger partial charge is 0.475 e. The number of hydrogen-bond donors (Lipinski definition) is 2. The third-order valence-electron chi connectivity index (χ3n) is 8.03. The summed E-state index contributed by atoms with van der Waals surface area (Å²) in [6, 6.07) is 11.0. The molecule has 16 heteroatoms. The molecule has 254 valence electrons. The minimum Gasteiger partial charge on any atom is -0.475 e. The lowest BCUT2D eigenvalue weighted by Gasteiger charge is -2.33. The number of likely N-dealkylation sites (tertiary alicyclic amines) is 2. The van der Waals surface area contributed by atoms with Crippen LogP contribution in [0.5, 0.6) is 0 Å². The first-order valence-electron chi connectivity index (χ1n) is 15.2. The molecule has 47 heavy (non-hydrogen) atoms. The molecule has 0 bridgehead atoms. The molecular weight excluding hydrogens is 676 g/mol. The molecule has 4 aromatic rings. The SMILES string of the molecule is CC(C)N(c1cccc2cc(-c3ncc(CN4CCCC(C(=O)N5CCCC5)C4)s3)[nH]c12)S(=O)(=O)c1cccs1.O=C(O)C(F)(F)F. The first-order chi connectivity index (χ1) is 22.3. The highest BCUT2D eigenvalue weighted by atomic mass is 32.2. The van der Waals surface area contributed by atoms with E-state index in [0.29, 0.717) is 15.8 Å². The van der Waals surface area contributed by atoms with E-state index in [-0.39, 0.29) is 12.0 Å². The number of carbonyl (C=O) groups is 2. The van der Waals surface area contributed by atoms with E-state index in [1.807, 2.05) is 44.3 Å². The number of piperidine rings is 1. The van der Waals surface area contributed by atoms with Gasteiger partial charge in [0.1, 0.15) is 9.22 Å². The van der Waals surface area contributed by atoms with Crippen LogP contribution >= 0.6 is 22.7 Å². The molecule has 0 spiro atoms. The highest BCUT2D eigenvalue weighted by Crippen LogP contribution is 2.37. The fourth-order valence-electron chi connectivity index (χ4n) is 5.95. The molecule has 0 radical (unpaired) electrons. The molecule has 2 N–H and O–H groups in total. The van der Waals surface area contributed by atoms with Gasteiger partial charge in [-0.2, -0.15) is 13.2 Å². The van der Waals surface area contributed by atoms with Gasteiger partial charge in [0.15, 0.2) is 0 Å². The van der Waals surface area contributed by atoms with Crippen LogP contribution in [0.3, 0.4) is 0 Å². The number of anilines is 1. The lowest BCUT2D eigenvalue weighted by molar-refractivity contribution is -0.192. The number of carbonyl (C=O) groups excluding carboxylic acids is 1. The van der Waals surface area contributed by atoms with Gasteiger partial charge in [0.05, 0.1) is 22.8 Å². The maximum absolute atomic E-state index is 13.6. The molecule has 10 nitrogen and oxygen atoms in total. The van der Waals surface area contributed by atoms with Crippen molar-refractivity contribution >= 4 is 61.2 Å². The molecule has 6 rings (SSSR count). The van der Waals surface area contributed by atoms with Gasteiger partial charge in [-0.15, -0.1) is 22.7 Å². The number of benzene rings is 1. The number of nitrogens with zero attached hydrogens (tertiary/aromatic N) is 4. The van der Waals surface area contributed by atoms with E-state index in [2.05, 4.69) is 14.8 Å². The van der Waals surface area contributed by atoms with E-state index in [1.54, 1.807) is 28.8 Å². The summed E-state index contributed by atoms with van der Waals surface area (Å²) in [5.74, 6) is -2.33. The molecular formula is C31H36F3N5O5S3. The van der Waals surface area contributed by atoms with Gasteiger partial charge in [-0.05, 0) is 69.7 Å². The third-order valence-corrected chi connectivity index (χ3v) is 12.4. The van der Waals surface area contributed by atoms with Crippen molar-refractivity contribution in [1.29, 1.82) is 0 Å². The Labute approximate surface area is 278 Å². The molecule has 2 aliphatic heterocycles. The lowest BCUT2D eigenvalue weighted by Crippen LogP contribution is -2.43. The fraction of sp³-hybridized carbons (Fsp3) is 0.452. The predicted molar refractivity (Wildman–Crippen MR) is 176 cm³/mol. The maximum Gasteiger partial charge on any atom is 0.490 e. The normalized spacial score (nSPS) is 17.6. The first kappa shape index (κ1) is 34.9. The number of halogens is 3. The summed E-state index contributed by atoms with van der Waals surface area (Å²) in [5, 5.41) is 10.7. The van der Waals surface area contributed by atoms with Crippen molar-refractivity contribution in [2.75, 3.05) is 30.5 Å². The van der Waals surface area contributed by atoms with Crippen LogP contribution in [-0.4, -0.2) is 83.6 Å². The Kier molecular flexibility index (Phi) is 10.6. The number of amides is 1. The second-order valence-electron chi connectivity index (χ2n) is 11.8. The Morgan fingerprint density at radius 1 is 1.13 bits per heavy atom. The molecule has 5 heterocycles. The van der Waals surface area contributed by atoms with Gasteiger partial charge < -0.3 is 15.0 Å². The largest absolute Gasteiger partial charge is 0.490 e. The number of aliphatic carboxylic acids is 1. The minimum atomic E-state index is -5.08. The summed E-state index contributed by atoms with van der Waals surface area (Å²) in [6.07, 6.45) is 1.12. The zero-order valence-corrected chi connectivity index (χ0v) is 28.3. The fourth-order valence-corrected chi connectivity index (χ4v) is 9.63. The van der Waals surface area contributed by atoms with Crippen molar-refractivity contribution in [3.8, 4) is 10.7 Å². The Morgan fingerprint density at radius 3 is 2.49 bits per heavy atom. The molecule has 0 saturated carbocycles. The summed E-state index contributed by atoms with van der Waals surface area (Å²) >= 11 is 2.87. The van der Waals surface area contributed by atoms with E-state index < -0.39 is 22.2 Å². The van der Waals surface area contributed by atoms with Crippen LogP contribution in [0.1, 0.15) is 44.4 Å². The second-order valence-corrected chi connectivity index (χ2v) is 15.9. The quantitative estimate of drug-likeness (QED) is 0.216. The van der Waals surface area contributed by atoms with Crippen molar-refractivity contribution in [3.63, 3.8) is 0 Å². The monoisotopic (exact) mass is 711 g/mol. The second kappa shape index (κ2) is 14.3. The highest BCUT2D eigenvalue weighted by molar-refractivity contribution is 7.94. The molecule has 2 saturated heterocycles. The summed E-state index contributed by atoms with van der Waals surface area (Å²) in [4.78, 5) is 35.7. The molecule has 1 amide bonds. The third kappa shape index (κ3) is 7.99. The minimum absolute atomic E-state index is 0.0979. The van der Waals surface area contributed by atoms with Crippen LogP contribution in [0.4, 0.5) is 18.9 Å². The number of thiophene rings is 1. The number of thiazole rings is 1. The van der Waals surface area contributed by atoms with Gasteiger partial charge in [0.25, 0.3) is 10.0 Å². The molecule has 1 aromatic carbocycles. The number of para-hydroxylation sites is 1. The van der Waals surface area contributed by atoms with Crippen molar-refractivity contribution in [2.45, 2.75) is 62.5 Å². The molecule has 0 aliphatic carbocycles. The van der Waals surface area contributed by atoms with Gasteiger partial charge in [0.2, 0.25) is 5.91 Å². The van der Waals surface area contributed by atoms with E-state index >= 15 is 0 Å². The Balaban J connectivity index is 0.000000559. The molecule has 2 aliphatic rings. The van der Waals surface area contributed by atoms with Crippen molar-refractivity contribution < 1.29 is 36.3 Å². The number of carboxylic acids is 1. The van der Waals surface area contributed by atoms with Crippen LogP contribution in [0.15, 0.2) is 52.2 Å². The van der Waals surface area contributed by atoms with Gasteiger partial charge in [-0.25, -0.2) is 18.2 Å². The van der Waals surface area contributed by atoms with E-state index in [1.165, 1.54) is 15.6 Å². The lowest BCUT2D eigenvalue weighted by atomic mass is 9.96. The number of sulfonamides is 1.